The van der Waals surface area contributed by atoms with E-state index in [4.69, 9.17) is 15.6 Å². The SMILES string of the molecule is C=C1C=C(c2oc3c(C(C)N)cc(C)cc3c(=O)c2C)C=NC1=N.CN. The fourth-order valence-corrected chi connectivity index (χ4v) is 2.82. The first-order valence-corrected chi connectivity index (χ1v) is 8.25. The van der Waals surface area contributed by atoms with Crippen LogP contribution in [0.5, 0.6) is 0 Å². The van der Waals surface area contributed by atoms with E-state index in [1.54, 1.807) is 13.0 Å². The molecule has 26 heavy (non-hydrogen) atoms. The van der Waals surface area contributed by atoms with E-state index >= 15 is 0 Å². The predicted molar refractivity (Wildman–Crippen MR) is 108 cm³/mol. The number of aliphatic imine (C=N–C) groups is 1. The Morgan fingerprint density at radius 2 is 1.92 bits per heavy atom. The quantitative estimate of drug-likeness (QED) is 0.769. The second-order valence-corrected chi connectivity index (χ2v) is 6.14. The van der Waals surface area contributed by atoms with Crippen LogP contribution in [0, 0.1) is 19.3 Å². The van der Waals surface area contributed by atoms with E-state index in [-0.39, 0.29) is 17.3 Å². The van der Waals surface area contributed by atoms with Crippen molar-refractivity contribution in [3.05, 3.63) is 63.0 Å². The van der Waals surface area contributed by atoms with E-state index in [0.29, 0.717) is 33.4 Å². The van der Waals surface area contributed by atoms with Gasteiger partial charge in [0.15, 0.2) is 11.3 Å². The smallest absolute Gasteiger partial charge is 0.196 e. The molecule has 1 aromatic carbocycles. The van der Waals surface area contributed by atoms with Gasteiger partial charge in [-0.1, -0.05) is 12.6 Å². The molecule has 0 saturated heterocycles. The Morgan fingerprint density at radius 1 is 1.27 bits per heavy atom. The van der Waals surface area contributed by atoms with Crippen LogP contribution in [0.25, 0.3) is 16.5 Å². The van der Waals surface area contributed by atoms with Gasteiger partial charge in [0.2, 0.25) is 0 Å². The first-order chi connectivity index (χ1) is 12.3. The molecule has 6 nitrogen and oxygen atoms in total. The van der Waals surface area contributed by atoms with Gasteiger partial charge in [-0.3, -0.25) is 10.2 Å². The van der Waals surface area contributed by atoms with Crippen molar-refractivity contribution in [2.24, 2.45) is 16.5 Å². The number of nitrogens with one attached hydrogen (secondary N) is 1. The zero-order chi connectivity index (χ0) is 19.6. The summed E-state index contributed by atoms with van der Waals surface area (Å²) in [7, 11) is 1.50. The van der Waals surface area contributed by atoms with Crippen LogP contribution in [0.15, 0.2) is 44.6 Å². The van der Waals surface area contributed by atoms with E-state index in [2.05, 4.69) is 17.3 Å². The summed E-state index contributed by atoms with van der Waals surface area (Å²) in [5.74, 6) is 0.544. The number of allylic oxidation sites excluding steroid dienone is 1. The molecule has 2 aromatic rings. The van der Waals surface area contributed by atoms with Gasteiger partial charge in [0, 0.05) is 34.5 Å². The lowest BCUT2D eigenvalue weighted by molar-refractivity contribution is 0.574. The maximum absolute atomic E-state index is 12.8. The van der Waals surface area contributed by atoms with Crippen LogP contribution in [0.4, 0.5) is 0 Å². The molecule has 0 saturated carbocycles. The van der Waals surface area contributed by atoms with Crippen LogP contribution in [0.2, 0.25) is 0 Å². The molecule has 0 amide bonds. The fourth-order valence-electron chi connectivity index (χ4n) is 2.82. The zero-order valence-corrected chi connectivity index (χ0v) is 15.5. The monoisotopic (exact) mass is 352 g/mol. The highest BCUT2D eigenvalue weighted by molar-refractivity contribution is 6.21. The molecule has 0 fully saturated rings. The number of fused-ring (bicyclic) bond motifs is 1. The van der Waals surface area contributed by atoms with Gasteiger partial charge in [0.25, 0.3) is 0 Å². The Balaban J connectivity index is 0.00000117. The van der Waals surface area contributed by atoms with Gasteiger partial charge in [-0.2, -0.15) is 0 Å². The molecule has 1 aliphatic rings. The van der Waals surface area contributed by atoms with Crippen LogP contribution in [-0.2, 0) is 0 Å². The van der Waals surface area contributed by atoms with Crippen molar-refractivity contribution >= 4 is 28.6 Å². The maximum atomic E-state index is 12.8. The molecule has 0 aliphatic carbocycles. The van der Waals surface area contributed by atoms with Gasteiger partial charge in [0.05, 0.1) is 5.39 Å². The van der Waals surface area contributed by atoms with E-state index in [1.165, 1.54) is 13.3 Å². The lowest BCUT2D eigenvalue weighted by atomic mass is 9.98. The third kappa shape index (κ3) is 3.42. The van der Waals surface area contributed by atoms with Gasteiger partial charge in [0.1, 0.15) is 11.3 Å². The van der Waals surface area contributed by atoms with Gasteiger partial charge in [-0.15, -0.1) is 0 Å². The molecule has 1 aliphatic heterocycles. The van der Waals surface area contributed by atoms with E-state index in [9.17, 15) is 4.79 Å². The Hall–Kier alpha value is -2.83. The van der Waals surface area contributed by atoms with Crippen molar-refractivity contribution in [3.8, 4) is 0 Å². The summed E-state index contributed by atoms with van der Waals surface area (Å²) in [6.07, 6.45) is 3.22. The van der Waals surface area contributed by atoms with E-state index in [1.807, 2.05) is 26.0 Å². The number of nitrogens with two attached hydrogens (primary N) is 2. The number of hydrogen-bond acceptors (Lipinski definition) is 5. The normalized spacial score (nSPS) is 14.8. The van der Waals surface area contributed by atoms with Crippen LogP contribution in [0.1, 0.15) is 35.4 Å². The Labute approximate surface area is 152 Å². The van der Waals surface area contributed by atoms with Crippen LogP contribution >= 0.6 is 0 Å². The summed E-state index contributed by atoms with van der Waals surface area (Å²) in [6.45, 7) is 9.31. The number of benzene rings is 1. The fraction of sp³-hybridized carbons (Fsp3) is 0.250. The van der Waals surface area contributed by atoms with Crippen molar-refractivity contribution in [3.63, 3.8) is 0 Å². The molecule has 1 atom stereocenters. The van der Waals surface area contributed by atoms with E-state index in [0.717, 1.165) is 11.1 Å². The Bertz CT molecular complexity index is 1010. The third-order valence-electron chi connectivity index (χ3n) is 4.11. The average molecular weight is 352 g/mol. The van der Waals surface area contributed by atoms with Gasteiger partial charge in [-0.25, -0.2) is 4.99 Å². The van der Waals surface area contributed by atoms with Crippen molar-refractivity contribution in [2.75, 3.05) is 7.05 Å². The second kappa shape index (κ2) is 7.59. The van der Waals surface area contributed by atoms with Crippen molar-refractivity contribution in [2.45, 2.75) is 26.8 Å². The largest absolute Gasteiger partial charge is 0.455 e. The molecule has 0 radical (unpaired) electrons. The summed E-state index contributed by atoms with van der Waals surface area (Å²) in [5, 5.41) is 8.17. The second-order valence-electron chi connectivity index (χ2n) is 6.14. The standard InChI is InChI=1S/C19H19N3O2.CH5N/c1-9-5-14(12(4)20)18-15(6-9)16(23)11(3)17(24-18)13-7-10(2)19(21)22-8-13;1-2/h5-8,12,21H,2,20H2,1,3-4H3;2H2,1H3. The zero-order valence-electron chi connectivity index (χ0n) is 15.5. The van der Waals surface area contributed by atoms with Crippen LogP contribution in [0.3, 0.4) is 0 Å². The molecule has 0 bridgehead atoms. The minimum Gasteiger partial charge on any atom is -0.455 e. The van der Waals surface area contributed by atoms with Crippen LogP contribution < -0.4 is 16.9 Å². The van der Waals surface area contributed by atoms with Crippen molar-refractivity contribution < 1.29 is 4.42 Å². The molecule has 1 unspecified atom stereocenters. The average Bonchev–Trinajstić information content (AvgIpc) is 2.62. The Kier molecular flexibility index (Phi) is 5.69. The highest BCUT2D eigenvalue weighted by atomic mass is 16.3. The lowest BCUT2D eigenvalue weighted by Gasteiger charge is -2.15. The molecule has 136 valence electrons. The summed E-state index contributed by atoms with van der Waals surface area (Å²) in [6, 6.07) is 3.50. The summed E-state index contributed by atoms with van der Waals surface area (Å²) >= 11 is 0. The topological polar surface area (TPSA) is 118 Å². The third-order valence-corrected chi connectivity index (χ3v) is 4.11. The number of aryl methyl sites for hydroxylation is 1. The number of hydrogen-bond donors (Lipinski definition) is 3. The molecule has 6 heteroatoms. The molecular weight excluding hydrogens is 328 g/mol. The van der Waals surface area contributed by atoms with Crippen molar-refractivity contribution in [1.29, 1.82) is 5.41 Å². The first kappa shape index (κ1) is 19.5. The van der Waals surface area contributed by atoms with Crippen LogP contribution in [-0.4, -0.2) is 19.1 Å². The maximum Gasteiger partial charge on any atom is 0.196 e. The van der Waals surface area contributed by atoms with Gasteiger partial charge < -0.3 is 15.9 Å². The van der Waals surface area contributed by atoms with Gasteiger partial charge >= 0.3 is 0 Å². The summed E-state index contributed by atoms with van der Waals surface area (Å²) in [5.41, 5.74) is 14.3. The minimum absolute atomic E-state index is 0.0857. The molecule has 2 heterocycles. The first-order valence-electron chi connectivity index (χ1n) is 8.25. The summed E-state index contributed by atoms with van der Waals surface area (Å²) in [4.78, 5) is 16.8. The van der Waals surface area contributed by atoms with Gasteiger partial charge in [-0.05, 0) is 45.5 Å². The number of amidine groups is 1. The predicted octanol–water partition coefficient (Wildman–Crippen LogP) is 3.01. The molecular formula is C20H24N4O2. The summed E-state index contributed by atoms with van der Waals surface area (Å²) < 4.78 is 6.09. The number of rotatable bonds is 2. The Morgan fingerprint density at radius 3 is 2.50 bits per heavy atom. The number of nitrogens with zero attached hydrogens (tertiary/aromatic N) is 1. The van der Waals surface area contributed by atoms with E-state index < -0.39 is 0 Å². The minimum atomic E-state index is -0.261. The molecule has 1 aromatic heterocycles. The molecule has 3 rings (SSSR count). The van der Waals surface area contributed by atoms with Crippen molar-refractivity contribution in [1.82, 2.24) is 0 Å². The lowest BCUT2D eigenvalue weighted by Crippen LogP contribution is -2.14. The molecule has 5 N–H and O–H groups in total. The number of dihydropyridines is 1. The highest BCUT2D eigenvalue weighted by Gasteiger charge is 2.19. The highest BCUT2D eigenvalue weighted by Crippen LogP contribution is 2.29. The molecule has 0 spiro atoms.